The van der Waals surface area contributed by atoms with Crippen LogP contribution in [0.4, 0.5) is 4.79 Å². The van der Waals surface area contributed by atoms with E-state index in [0.717, 1.165) is 4.90 Å². The molecule has 3 unspecified atom stereocenters. The summed E-state index contributed by atoms with van der Waals surface area (Å²) >= 11 is 0. The van der Waals surface area contributed by atoms with Gasteiger partial charge in [0, 0.05) is 5.56 Å². The van der Waals surface area contributed by atoms with Crippen LogP contribution in [0.3, 0.4) is 0 Å². The van der Waals surface area contributed by atoms with Crippen molar-refractivity contribution >= 4 is 23.9 Å². The minimum atomic E-state index is -1.29. The van der Waals surface area contributed by atoms with Gasteiger partial charge in [0.1, 0.15) is 30.8 Å². The van der Waals surface area contributed by atoms with E-state index in [0.29, 0.717) is 17.5 Å². The number of benzene rings is 1. The number of nitrogens with zero attached hydrogens (tertiary/aromatic N) is 2. The third-order valence-electron chi connectivity index (χ3n) is 5.26. The Morgan fingerprint density at radius 3 is 2.25 bits per heavy atom. The van der Waals surface area contributed by atoms with Crippen LogP contribution in [-0.4, -0.2) is 60.6 Å². The van der Waals surface area contributed by atoms with Crippen molar-refractivity contribution in [1.82, 2.24) is 15.5 Å². The van der Waals surface area contributed by atoms with Crippen molar-refractivity contribution in [3.05, 3.63) is 35.4 Å². The van der Waals surface area contributed by atoms with Crippen molar-refractivity contribution in [3.8, 4) is 18.4 Å². The second kappa shape index (κ2) is 13.7. The van der Waals surface area contributed by atoms with Crippen molar-refractivity contribution in [2.45, 2.75) is 58.7 Å². The first kappa shape index (κ1) is 30.0. The second-order valence-corrected chi connectivity index (χ2v) is 9.10. The molecule has 194 valence electrons. The van der Waals surface area contributed by atoms with Crippen LogP contribution in [0.1, 0.15) is 58.2 Å². The van der Waals surface area contributed by atoms with Gasteiger partial charge in [-0.05, 0) is 44.4 Å². The number of ether oxygens (including phenoxy) is 2. The number of esters is 1. The van der Waals surface area contributed by atoms with Gasteiger partial charge in [0.2, 0.25) is 11.8 Å². The van der Waals surface area contributed by atoms with Gasteiger partial charge in [-0.3, -0.25) is 14.4 Å². The predicted octanol–water partition coefficient (Wildman–Crippen LogP) is 2.29. The number of hydrogen-bond acceptors (Lipinski definition) is 7. The molecule has 1 aromatic carbocycles. The highest BCUT2D eigenvalue weighted by Gasteiger charge is 2.38. The average molecular weight is 499 g/mol. The molecular formula is C26H34N4O6. The third kappa shape index (κ3) is 8.95. The normalized spacial score (nSPS) is 13.1. The molecule has 0 fully saturated rings. The van der Waals surface area contributed by atoms with Crippen molar-refractivity contribution < 1.29 is 28.7 Å². The van der Waals surface area contributed by atoms with E-state index >= 15 is 0 Å². The lowest BCUT2D eigenvalue weighted by Gasteiger charge is -2.34. The number of amides is 3. The van der Waals surface area contributed by atoms with E-state index in [4.69, 9.17) is 11.2 Å². The van der Waals surface area contributed by atoms with E-state index in [9.17, 15) is 24.4 Å². The smallest absolute Gasteiger partial charge is 0.408 e. The molecule has 2 N–H and O–H groups in total. The van der Waals surface area contributed by atoms with Crippen LogP contribution in [0.15, 0.2) is 24.3 Å². The Bertz CT molecular complexity index is 1020. The fourth-order valence-corrected chi connectivity index (χ4v) is 3.23. The highest BCUT2D eigenvalue weighted by atomic mass is 16.6. The first-order valence-electron chi connectivity index (χ1n) is 11.5. The Hall–Kier alpha value is -4.05. The number of hydrogen-bond donors (Lipinski definition) is 2. The van der Waals surface area contributed by atoms with Crippen molar-refractivity contribution in [2.75, 3.05) is 20.2 Å². The maximum absolute atomic E-state index is 13.8. The summed E-state index contributed by atoms with van der Waals surface area (Å²) in [4.78, 5) is 52.2. The molecule has 3 atom stereocenters. The standard InChI is InChI=1S/C26H34N4O6/c1-8-17(3)21(29-25(34)36-26(4,5)6)24(33)30(15-14-27)22(23(32)28-16-20(31)35-7)19-12-10-18(9-2)11-13-19/h2,10-13,17,21-22H,8,15-16H2,1,3-7H3,(H,28,32)(H,29,34). The number of terminal acetylenes is 1. The molecule has 0 radical (unpaired) electrons. The maximum atomic E-state index is 13.8. The van der Waals surface area contributed by atoms with Gasteiger partial charge in [-0.25, -0.2) is 4.79 Å². The minimum absolute atomic E-state index is 0.353. The first-order chi connectivity index (χ1) is 16.9. The van der Waals surface area contributed by atoms with Crippen LogP contribution in [0.25, 0.3) is 0 Å². The molecule has 0 spiro atoms. The fraction of sp³-hybridized carbons (Fsp3) is 0.500. The number of carbonyl (C=O) groups is 4. The van der Waals surface area contributed by atoms with Crippen molar-refractivity contribution in [1.29, 1.82) is 5.26 Å². The van der Waals surface area contributed by atoms with E-state index in [1.54, 1.807) is 52.0 Å². The maximum Gasteiger partial charge on any atom is 0.408 e. The lowest BCUT2D eigenvalue weighted by atomic mass is 9.95. The Morgan fingerprint density at radius 1 is 1.17 bits per heavy atom. The number of alkyl carbamates (subject to hydrolysis) is 1. The Morgan fingerprint density at radius 2 is 1.78 bits per heavy atom. The summed E-state index contributed by atoms with van der Waals surface area (Å²) in [6.45, 7) is 7.78. The highest BCUT2D eigenvalue weighted by molar-refractivity contribution is 5.93. The fourth-order valence-electron chi connectivity index (χ4n) is 3.23. The Labute approximate surface area is 212 Å². The molecule has 0 aromatic heterocycles. The molecule has 1 rings (SSSR count). The van der Waals surface area contributed by atoms with Gasteiger partial charge >= 0.3 is 12.1 Å². The van der Waals surface area contributed by atoms with Gasteiger partial charge in [-0.15, -0.1) is 6.42 Å². The van der Waals surface area contributed by atoms with Crippen molar-refractivity contribution in [3.63, 3.8) is 0 Å². The molecule has 3 amide bonds. The van der Waals surface area contributed by atoms with Gasteiger partial charge in [0.05, 0.1) is 13.2 Å². The Balaban J connectivity index is 3.48. The topological polar surface area (TPSA) is 138 Å². The highest BCUT2D eigenvalue weighted by Crippen LogP contribution is 2.25. The van der Waals surface area contributed by atoms with E-state index in [1.807, 2.05) is 13.0 Å². The summed E-state index contributed by atoms with van der Waals surface area (Å²) in [7, 11) is 1.18. The van der Waals surface area contributed by atoms with E-state index < -0.39 is 54.7 Å². The lowest BCUT2D eigenvalue weighted by molar-refractivity contribution is -0.144. The number of nitriles is 1. The van der Waals surface area contributed by atoms with E-state index in [1.165, 1.54) is 7.11 Å². The van der Waals surface area contributed by atoms with Crippen LogP contribution in [0, 0.1) is 29.6 Å². The predicted molar refractivity (Wildman–Crippen MR) is 132 cm³/mol. The zero-order chi connectivity index (χ0) is 27.5. The quantitative estimate of drug-likeness (QED) is 0.287. The van der Waals surface area contributed by atoms with Gasteiger partial charge in [-0.1, -0.05) is 38.3 Å². The summed E-state index contributed by atoms with van der Waals surface area (Å²) in [6.07, 6.45) is 5.14. The SMILES string of the molecule is C#Cc1ccc(C(C(=O)NCC(=O)OC)N(CC#N)C(=O)C(NC(=O)OC(C)(C)C)C(C)CC)cc1. The number of nitrogens with one attached hydrogen (secondary N) is 2. The molecule has 1 aromatic rings. The zero-order valence-corrected chi connectivity index (χ0v) is 21.6. The van der Waals surface area contributed by atoms with E-state index in [-0.39, 0.29) is 5.92 Å². The van der Waals surface area contributed by atoms with Gasteiger partial charge in [-0.2, -0.15) is 5.26 Å². The number of rotatable bonds is 10. The van der Waals surface area contributed by atoms with Crippen LogP contribution in [0.2, 0.25) is 0 Å². The molecule has 0 aliphatic heterocycles. The molecule has 0 heterocycles. The Kier molecular flexibility index (Phi) is 11.4. The summed E-state index contributed by atoms with van der Waals surface area (Å²) in [5.41, 5.74) is 0.115. The molecule has 0 saturated heterocycles. The zero-order valence-electron chi connectivity index (χ0n) is 21.6. The number of carbonyl (C=O) groups excluding carboxylic acids is 4. The summed E-state index contributed by atoms with van der Waals surface area (Å²) < 4.78 is 9.88. The van der Waals surface area contributed by atoms with E-state index in [2.05, 4.69) is 21.3 Å². The molecule has 0 aliphatic carbocycles. The molecule has 0 bridgehead atoms. The molecule has 0 aliphatic rings. The molecule has 10 heteroatoms. The van der Waals surface area contributed by atoms with Crippen LogP contribution >= 0.6 is 0 Å². The molecule has 36 heavy (non-hydrogen) atoms. The summed E-state index contributed by atoms with van der Waals surface area (Å²) in [6, 6.07) is 5.85. The molecule has 0 saturated carbocycles. The summed E-state index contributed by atoms with van der Waals surface area (Å²) in [5, 5.41) is 14.6. The van der Waals surface area contributed by atoms with Crippen LogP contribution < -0.4 is 10.6 Å². The van der Waals surface area contributed by atoms with Gasteiger partial charge in [0.25, 0.3) is 0 Å². The lowest BCUT2D eigenvalue weighted by Crippen LogP contribution is -2.55. The minimum Gasteiger partial charge on any atom is -0.468 e. The largest absolute Gasteiger partial charge is 0.468 e. The third-order valence-corrected chi connectivity index (χ3v) is 5.26. The van der Waals surface area contributed by atoms with Gasteiger partial charge in [0.15, 0.2) is 0 Å². The first-order valence-corrected chi connectivity index (χ1v) is 11.5. The number of methoxy groups -OCH3 is 1. The molecule has 10 nitrogen and oxygen atoms in total. The van der Waals surface area contributed by atoms with Crippen LogP contribution in [-0.2, 0) is 23.9 Å². The van der Waals surface area contributed by atoms with Crippen molar-refractivity contribution in [2.24, 2.45) is 5.92 Å². The van der Waals surface area contributed by atoms with Crippen LogP contribution in [0.5, 0.6) is 0 Å². The monoisotopic (exact) mass is 498 g/mol. The molecular weight excluding hydrogens is 464 g/mol. The second-order valence-electron chi connectivity index (χ2n) is 9.10. The summed E-state index contributed by atoms with van der Waals surface area (Å²) in [5.74, 6) is 0.0641. The van der Waals surface area contributed by atoms with Gasteiger partial charge < -0.3 is 25.0 Å². The average Bonchev–Trinajstić information content (AvgIpc) is 2.83.